The van der Waals surface area contributed by atoms with E-state index in [0.29, 0.717) is 0 Å². The van der Waals surface area contributed by atoms with Gasteiger partial charge in [0.25, 0.3) is 0 Å². The van der Waals surface area contributed by atoms with Crippen molar-refractivity contribution >= 4 is 34.8 Å². The highest BCUT2D eigenvalue weighted by Crippen LogP contribution is 2.31. The van der Waals surface area contributed by atoms with Gasteiger partial charge in [0.05, 0.1) is 9.99 Å². The number of rotatable bonds is 2. The predicted molar refractivity (Wildman–Crippen MR) is 96.0 cm³/mol. The predicted octanol–water partition coefficient (Wildman–Crippen LogP) is 4.62. The second-order valence-electron chi connectivity index (χ2n) is 6.44. The summed E-state index contributed by atoms with van der Waals surface area (Å²) in [6.45, 7) is 9.29. The molecule has 0 fully saturated rings. The summed E-state index contributed by atoms with van der Waals surface area (Å²) in [5, 5.41) is 6.31. The van der Waals surface area contributed by atoms with Crippen molar-refractivity contribution in [3.05, 3.63) is 52.5 Å². The lowest BCUT2D eigenvalue weighted by Crippen LogP contribution is -2.44. The van der Waals surface area contributed by atoms with E-state index in [2.05, 4.69) is 83.4 Å². The molecular weight excluding hydrogens is 340 g/mol. The number of fused-ring (bicyclic) bond motifs is 1. The van der Waals surface area contributed by atoms with E-state index in [0.717, 1.165) is 21.2 Å². The van der Waals surface area contributed by atoms with Gasteiger partial charge in [0, 0.05) is 10.9 Å². The van der Waals surface area contributed by atoms with Crippen molar-refractivity contribution in [1.29, 1.82) is 0 Å². The van der Waals surface area contributed by atoms with Gasteiger partial charge in [-0.15, -0.1) is 0 Å². The van der Waals surface area contributed by atoms with Gasteiger partial charge in [0.15, 0.2) is 0 Å². The Labute approximate surface area is 135 Å². The van der Waals surface area contributed by atoms with Crippen molar-refractivity contribution in [2.45, 2.75) is 26.6 Å². The van der Waals surface area contributed by atoms with Crippen LogP contribution >= 0.6 is 15.9 Å². The molecule has 0 spiro atoms. The molecule has 21 heavy (non-hydrogen) atoms. The standard InChI is InChI=1S/C17H19BrN2Si/c1-12-10-11-14-15(18)16(13-8-6-5-7-9-13)19-20(14)17(12)21(2,3)4/h5-11H,1-4H3. The summed E-state index contributed by atoms with van der Waals surface area (Å²) in [4.78, 5) is 0. The van der Waals surface area contributed by atoms with Crippen LogP contribution in [0, 0.1) is 6.92 Å². The molecule has 0 aliphatic rings. The summed E-state index contributed by atoms with van der Waals surface area (Å²) >= 11 is 3.75. The van der Waals surface area contributed by atoms with E-state index in [-0.39, 0.29) is 0 Å². The number of pyridine rings is 1. The van der Waals surface area contributed by atoms with Crippen molar-refractivity contribution in [2.75, 3.05) is 0 Å². The third kappa shape index (κ3) is 2.47. The summed E-state index contributed by atoms with van der Waals surface area (Å²) < 4.78 is 3.22. The first kappa shape index (κ1) is 14.5. The Kier molecular flexibility index (Phi) is 3.54. The van der Waals surface area contributed by atoms with Crippen LogP contribution in [0.5, 0.6) is 0 Å². The minimum Gasteiger partial charge on any atom is -0.240 e. The Bertz CT molecular complexity index is 801. The van der Waals surface area contributed by atoms with E-state index in [4.69, 9.17) is 5.10 Å². The average molecular weight is 359 g/mol. The highest BCUT2D eigenvalue weighted by atomic mass is 79.9. The topological polar surface area (TPSA) is 17.3 Å². The van der Waals surface area contributed by atoms with E-state index in [1.807, 2.05) is 6.07 Å². The molecule has 2 heterocycles. The Balaban J connectivity index is 2.35. The molecule has 2 nitrogen and oxygen atoms in total. The number of aromatic nitrogens is 2. The van der Waals surface area contributed by atoms with Crippen molar-refractivity contribution in [2.24, 2.45) is 0 Å². The summed E-state index contributed by atoms with van der Waals surface area (Å²) in [6, 6.07) is 14.7. The van der Waals surface area contributed by atoms with Gasteiger partial charge in [-0.1, -0.05) is 56.0 Å². The Hall–Kier alpha value is -1.39. The van der Waals surface area contributed by atoms with Crippen molar-refractivity contribution in [1.82, 2.24) is 9.61 Å². The lowest BCUT2D eigenvalue weighted by molar-refractivity contribution is 0.982. The Morgan fingerprint density at radius 3 is 2.29 bits per heavy atom. The molecule has 0 saturated carbocycles. The van der Waals surface area contributed by atoms with Crippen LogP contribution in [0.1, 0.15) is 5.56 Å². The van der Waals surface area contributed by atoms with Crippen LogP contribution in [-0.4, -0.2) is 17.7 Å². The van der Waals surface area contributed by atoms with Gasteiger partial charge in [0.1, 0.15) is 13.8 Å². The minimum absolute atomic E-state index is 1.01. The van der Waals surface area contributed by atoms with Crippen molar-refractivity contribution in [3.63, 3.8) is 0 Å². The summed E-state index contributed by atoms with van der Waals surface area (Å²) in [5.74, 6) is 0. The van der Waals surface area contributed by atoms with Gasteiger partial charge >= 0.3 is 0 Å². The lowest BCUT2D eigenvalue weighted by atomic mass is 10.1. The van der Waals surface area contributed by atoms with Gasteiger partial charge in [-0.2, -0.15) is 5.10 Å². The van der Waals surface area contributed by atoms with Crippen molar-refractivity contribution < 1.29 is 0 Å². The maximum absolute atomic E-state index is 4.91. The molecular formula is C17H19BrN2Si. The van der Waals surface area contributed by atoms with Crippen LogP contribution in [-0.2, 0) is 0 Å². The fourth-order valence-corrected chi connectivity index (χ4v) is 5.55. The number of benzene rings is 1. The molecule has 0 atom stereocenters. The first-order valence-corrected chi connectivity index (χ1v) is 11.4. The summed E-state index contributed by atoms with van der Waals surface area (Å²) in [5.41, 5.74) is 4.64. The average Bonchev–Trinajstić information content (AvgIpc) is 2.75. The van der Waals surface area contributed by atoms with E-state index in [9.17, 15) is 0 Å². The molecule has 0 aliphatic carbocycles. The third-order valence-electron chi connectivity index (χ3n) is 3.70. The zero-order valence-electron chi connectivity index (χ0n) is 12.8. The molecule has 0 saturated heterocycles. The van der Waals surface area contributed by atoms with Gasteiger partial charge in [-0.25, -0.2) is 4.52 Å². The second-order valence-corrected chi connectivity index (χ2v) is 12.2. The van der Waals surface area contributed by atoms with Gasteiger partial charge in [-0.3, -0.25) is 0 Å². The highest BCUT2D eigenvalue weighted by Gasteiger charge is 2.25. The molecule has 0 N–H and O–H groups in total. The quantitative estimate of drug-likeness (QED) is 0.611. The Morgan fingerprint density at radius 1 is 1.00 bits per heavy atom. The number of nitrogens with zero attached hydrogens (tertiary/aromatic N) is 2. The molecule has 108 valence electrons. The van der Waals surface area contributed by atoms with Crippen LogP contribution in [0.2, 0.25) is 19.6 Å². The zero-order valence-corrected chi connectivity index (χ0v) is 15.4. The molecule has 0 aliphatic heterocycles. The fraction of sp³-hybridized carbons (Fsp3) is 0.235. The van der Waals surface area contributed by atoms with Crippen LogP contribution in [0.3, 0.4) is 0 Å². The molecule has 0 bridgehead atoms. The molecule has 0 radical (unpaired) electrons. The van der Waals surface area contributed by atoms with Crippen molar-refractivity contribution in [3.8, 4) is 11.3 Å². The normalized spacial score (nSPS) is 12.0. The summed E-state index contributed by atoms with van der Waals surface area (Å²) in [6.07, 6.45) is 0. The first-order valence-electron chi connectivity index (χ1n) is 7.13. The molecule has 1 aromatic carbocycles. The molecule has 3 aromatic rings. The molecule has 2 aromatic heterocycles. The summed E-state index contributed by atoms with van der Waals surface area (Å²) in [7, 11) is -1.47. The molecule has 0 unspecified atom stereocenters. The number of hydrogen-bond acceptors (Lipinski definition) is 1. The molecule has 0 amide bonds. The Morgan fingerprint density at radius 2 is 1.67 bits per heavy atom. The third-order valence-corrected chi connectivity index (χ3v) is 6.50. The number of halogens is 1. The van der Waals surface area contributed by atoms with Gasteiger partial charge < -0.3 is 0 Å². The minimum atomic E-state index is -1.47. The maximum Gasteiger partial charge on any atom is 0.108 e. The number of aryl methyl sites for hydroxylation is 1. The van der Waals surface area contributed by atoms with E-state index < -0.39 is 8.07 Å². The first-order chi connectivity index (χ1) is 9.89. The zero-order chi connectivity index (χ0) is 15.2. The van der Waals surface area contributed by atoms with Crippen LogP contribution in [0.25, 0.3) is 16.8 Å². The SMILES string of the molecule is Cc1ccc2c(Br)c(-c3ccccc3)nn2c1[Si](C)(C)C. The monoisotopic (exact) mass is 358 g/mol. The molecule has 3 rings (SSSR count). The second kappa shape index (κ2) is 5.11. The maximum atomic E-state index is 4.91. The number of hydrogen-bond donors (Lipinski definition) is 0. The van der Waals surface area contributed by atoms with Crippen LogP contribution in [0.4, 0.5) is 0 Å². The highest BCUT2D eigenvalue weighted by molar-refractivity contribution is 9.10. The van der Waals surface area contributed by atoms with E-state index in [1.165, 1.54) is 10.9 Å². The largest absolute Gasteiger partial charge is 0.240 e. The smallest absolute Gasteiger partial charge is 0.108 e. The molecule has 4 heteroatoms. The van der Waals surface area contributed by atoms with Gasteiger partial charge in [-0.05, 0) is 34.5 Å². The fourth-order valence-electron chi connectivity index (χ4n) is 2.87. The van der Waals surface area contributed by atoms with E-state index >= 15 is 0 Å². The van der Waals surface area contributed by atoms with Crippen LogP contribution in [0.15, 0.2) is 46.9 Å². The van der Waals surface area contributed by atoms with Crippen LogP contribution < -0.4 is 5.32 Å². The van der Waals surface area contributed by atoms with E-state index in [1.54, 1.807) is 0 Å². The lowest BCUT2D eigenvalue weighted by Gasteiger charge is -2.20. The van der Waals surface area contributed by atoms with Gasteiger partial charge in [0.2, 0.25) is 0 Å².